The summed E-state index contributed by atoms with van der Waals surface area (Å²) >= 11 is 12.9. The topological polar surface area (TPSA) is 83.6 Å². The maximum Gasteiger partial charge on any atom is 0.233 e. The van der Waals surface area contributed by atoms with Gasteiger partial charge in [0.05, 0.1) is 22.0 Å². The molecule has 6 nitrogen and oxygen atoms in total. The lowest BCUT2D eigenvalue weighted by Crippen LogP contribution is -2.41. The summed E-state index contributed by atoms with van der Waals surface area (Å²) in [5, 5.41) is 0.422. The van der Waals surface area contributed by atoms with Gasteiger partial charge in [-0.15, -0.1) is 0 Å². The predicted octanol–water partition coefficient (Wildman–Crippen LogP) is 4.27. The molecular formula is C22H22Cl2F2N2O4S. The van der Waals surface area contributed by atoms with Crippen LogP contribution in [0.2, 0.25) is 10.0 Å². The van der Waals surface area contributed by atoms with Gasteiger partial charge in [0.1, 0.15) is 11.6 Å². The fourth-order valence-electron chi connectivity index (χ4n) is 3.83. The Morgan fingerprint density at radius 1 is 1.18 bits per heavy atom. The molecule has 2 aromatic rings. The Bertz CT molecular complexity index is 1170. The van der Waals surface area contributed by atoms with Crippen molar-refractivity contribution in [2.45, 2.75) is 32.1 Å². The monoisotopic (exact) mass is 518 g/mol. The summed E-state index contributed by atoms with van der Waals surface area (Å²) < 4.78 is 51.4. The highest BCUT2D eigenvalue weighted by atomic mass is 35.5. The van der Waals surface area contributed by atoms with Gasteiger partial charge in [-0.2, -0.15) is 0 Å². The molecule has 0 aromatic heterocycles. The first-order valence-corrected chi connectivity index (χ1v) is 12.8. The van der Waals surface area contributed by atoms with E-state index in [0.717, 1.165) is 12.3 Å². The van der Waals surface area contributed by atoms with E-state index in [4.69, 9.17) is 23.2 Å². The van der Waals surface area contributed by atoms with Crippen LogP contribution < -0.4 is 9.62 Å². The number of piperidine rings is 1. The maximum absolute atomic E-state index is 14.1. The molecule has 2 amide bonds. The van der Waals surface area contributed by atoms with E-state index in [9.17, 15) is 26.8 Å². The van der Waals surface area contributed by atoms with Crippen LogP contribution in [-0.2, 0) is 32.5 Å². The van der Waals surface area contributed by atoms with E-state index in [1.54, 1.807) is 12.1 Å². The van der Waals surface area contributed by atoms with E-state index in [-0.39, 0.29) is 47.7 Å². The smallest absolute Gasteiger partial charge is 0.233 e. The van der Waals surface area contributed by atoms with Crippen LogP contribution in [0.4, 0.5) is 14.5 Å². The number of nitrogens with one attached hydrogen (secondary N) is 1. The number of nitrogens with zero attached hydrogens (tertiary/aromatic N) is 1. The van der Waals surface area contributed by atoms with Gasteiger partial charge in [-0.05, 0) is 54.5 Å². The summed E-state index contributed by atoms with van der Waals surface area (Å²) in [4.78, 5) is 25.8. The van der Waals surface area contributed by atoms with Crippen molar-refractivity contribution >= 4 is 50.7 Å². The molecule has 0 aliphatic carbocycles. The Labute approximate surface area is 200 Å². The SMILES string of the molecule is CS(=O)(=O)NC(=O)CCc1cc(Cl)c(N2CC(Cc3ccc(F)cc3F)CCC2=O)c(Cl)c1. The number of rotatable bonds is 7. The van der Waals surface area contributed by atoms with E-state index >= 15 is 0 Å². The zero-order valence-corrected chi connectivity index (χ0v) is 20.0. The molecule has 0 saturated carbocycles. The first-order chi connectivity index (χ1) is 15.4. The molecule has 178 valence electrons. The van der Waals surface area contributed by atoms with E-state index in [0.29, 0.717) is 29.7 Å². The Balaban J connectivity index is 1.74. The first kappa shape index (κ1) is 25.4. The number of carbonyl (C=O) groups is 2. The van der Waals surface area contributed by atoms with Gasteiger partial charge in [0.25, 0.3) is 0 Å². The van der Waals surface area contributed by atoms with E-state index < -0.39 is 27.6 Å². The fraction of sp³-hybridized carbons (Fsp3) is 0.364. The number of aryl methyl sites for hydroxylation is 1. The zero-order chi connectivity index (χ0) is 24.3. The summed E-state index contributed by atoms with van der Waals surface area (Å²) in [5.74, 6) is -2.18. The second-order valence-corrected chi connectivity index (χ2v) is 10.6. The van der Waals surface area contributed by atoms with Crippen molar-refractivity contribution in [3.05, 3.63) is 63.1 Å². The standard InChI is InChI=1S/C22H22Cl2F2N2O4S/c1-33(31,32)27-20(29)6-2-13-9-17(23)22(18(24)10-13)28-12-14(3-7-21(28)30)8-15-4-5-16(25)11-19(15)26/h4-5,9-11,14H,2-3,6-8,12H2,1H3,(H,27,29). The summed E-state index contributed by atoms with van der Waals surface area (Å²) in [6.07, 6.45) is 2.11. The van der Waals surface area contributed by atoms with Crippen LogP contribution in [0, 0.1) is 17.6 Å². The number of halogens is 4. The van der Waals surface area contributed by atoms with Crippen molar-refractivity contribution in [3.8, 4) is 0 Å². The highest BCUT2D eigenvalue weighted by molar-refractivity contribution is 7.89. The lowest BCUT2D eigenvalue weighted by atomic mass is 9.90. The van der Waals surface area contributed by atoms with Crippen molar-refractivity contribution in [2.24, 2.45) is 5.92 Å². The van der Waals surface area contributed by atoms with Gasteiger partial charge in [0.15, 0.2) is 0 Å². The van der Waals surface area contributed by atoms with Crippen LogP contribution >= 0.6 is 23.2 Å². The van der Waals surface area contributed by atoms with Gasteiger partial charge in [0, 0.05) is 25.5 Å². The molecule has 1 heterocycles. The number of hydrogen-bond donors (Lipinski definition) is 1. The van der Waals surface area contributed by atoms with Crippen molar-refractivity contribution in [1.82, 2.24) is 4.72 Å². The van der Waals surface area contributed by atoms with Gasteiger partial charge < -0.3 is 4.90 Å². The fourth-order valence-corrected chi connectivity index (χ4v) is 5.08. The van der Waals surface area contributed by atoms with Crippen LogP contribution in [0.15, 0.2) is 30.3 Å². The molecule has 11 heteroatoms. The molecule has 1 aliphatic rings. The van der Waals surface area contributed by atoms with E-state index in [1.807, 2.05) is 4.72 Å². The minimum absolute atomic E-state index is 0.0749. The Kier molecular flexibility index (Phi) is 7.97. The molecular weight excluding hydrogens is 497 g/mol. The van der Waals surface area contributed by atoms with Gasteiger partial charge in [-0.25, -0.2) is 17.2 Å². The van der Waals surface area contributed by atoms with Gasteiger partial charge in [0.2, 0.25) is 21.8 Å². The zero-order valence-electron chi connectivity index (χ0n) is 17.7. The van der Waals surface area contributed by atoms with Gasteiger partial charge >= 0.3 is 0 Å². The Morgan fingerprint density at radius 3 is 2.45 bits per heavy atom. The number of amides is 2. The molecule has 2 aromatic carbocycles. The number of hydrogen-bond acceptors (Lipinski definition) is 4. The highest BCUT2D eigenvalue weighted by Crippen LogP contribution is 2.38. The maximum atomic E-state index is 14.1. The summed E-state index contributed by atoms with van der Waals surface area (Å²) in [6, 6.07) is 6.59. The Morgan fingerprint density at radius 2 is 1.85 bits per heavy atom. The van der Waals surface area contributed by atoms with Gasteiger partial charge in [-0.1, -0.05) is 29.3 Å². The van der Waals surface area contributed by atoms with Crippen LogP contribution in [0.5, 0.6) is 0 Å². The number of carbonyl (C=O) groups excluding carboxylic acids is 2. The molecule has 0 radical (unpaired) electrons. The predicted molar refractivity (Wildman–Crippen MR) is 123 cm³/mol. The van der Waals surface area contributed by atoms with Crippen LogP contribution in [-0.4, -0.2) is 33.0 Å². The third-order valence-electron chi connectivity index (χ3n) is 5.32. The molecule has 1 aliphatic heterocycles. The number of benzene rings is 2. The first-order valence-electron chi connectivity index (χ1n) is 10.2. The molecule has 1 saturated heterocycles. The molecule has 1 N–H and O–H groups in total. The molecule has 1 fully saturated rings. The molecule has 0 spiro atoms. The molecule has 0 bridgehead atoms. The third kappa shape index (κ3) is 6.88. The average Bonchev–Trinajstić information content (AvgIpc) is 2.69. The number of anilines is 1. The van der Waals surface area contributed by atoms with Crippen molar-refractivity contribution in [2.75, 3.05) is 17.7 Å². The van der Waals surface area contributed by atoms with Crippen LogP contribution in [0.3, 0.4) is 0 Å². The average molecular weight is 519 g/mol. The van der Waals surface area contributed by atoms with E-state index in [1.165, 1.54) is 17.0 Å². The molecule has 1 atom stereocenters. The van der Waals surface area contributed by atoms with Crippen LogP contribution in [0.1, 0.15) is 30.4 Å². The third-order valence-corrected chi connectivity index (χ3v) is 6.49. The Hall–Kier alpha value is -2.23. The largest absolute Gasteiger partial charge is 0.309 e. The number of sulfonamides is 1. The lowest BCUT2D eigenvalue weighted by molar-refractivity contribution is -0.120. The second kappa shape index (κ2) is 10.4. The minimum Gasteiger partial charge on any atom is -0.309 e. The molecule has 3 rings (SSSR count). The lowest BCUT2D eigenvalue weighted by Gasteiger charge is -2.34. The summed E-state index contributed by atoms with van der Waals surface area (Å²) in [7, 11) is -3.64. The second-order valence-electron chi connectivity index (χ2n) is 8.05. The molecule has 1 unspecified atom stereocenters. The van der Waals surface area contributed by atoms with E-state index in [2.05, 4.69) is 0 Å². The van der Waals surface area contributed by atoms with Crippen molar-refractivity contribution in [3.63, 3.8) is 0 Å². The van der Waals surface area contributed by atoms with Crippen LogP contribution in [0.25, 0.3) is 0 Å². The summed E-state index contributed by atoms with van der Waals surface area (Å²) in [5.41, 5.74) is 1.30. The van der Waals surface area contributed by atoms with Crippen molar-refractivity contribution in [1.29, 1.82) is 0 Å². The van der Waals surface area contributed by atoms with Gasteiger partial charge in [-0.3, -0.25) is 14.3 Å². The quantitative estimate of drug-likeness (QED) is 0.593. The molecule has 33 heavy (non-hydrogen) atoms. The van der Waals surface area contributed by atoms with Crippen molar-refractivity contribution < 1.29 is 26.8 Å². The highest BCUT2D eigenvalue weighted by Gasteiger charge is 2.30. The normalized spacial score (nSPS) is 16.7. The summed E-state index contributed by atoms with van der Waals surface area (Å²) in [6.45, 7) is 0.269. The minimum atomic E-state index is -3.64.